The lowest BCUT2D eigenvalue weighted by Gasteiger charge is -2.20. The van der Waals surface area contributed by atoms with Crippen LogP contribution in [0, 0.1) is 0 Å². The first-order valence-corrected chi connectivity index (χ1v) is 6.22. The fourth-order valence-electron chi connectivity index (χ4n) is 1.29. The van der Waals surface area contributed by atoms with Crippen molar-refractivity contribution in [2.45, 2.75) is 45.1 Å². The molecule has 0 saturated heterocycles. The molecule has 0 fully saturated rings. The first-order chi connectivity index (χ1) is 8.37. The molecule has 6 heteroatoms. The Morgan fingerprint density at radius 1 is 1.17 bits per heavy atom. The van der Waals surface area contributed by atoms with E-state index >= 15 is 0 Å². The first-order valence-electron chi connectivity index (χ1n) is 6.22. The van der Waals surface area contributed by atoms with Crippen LogP contribution in [0.3, 0.4) is 0 Å². The highest BCUT2D eigenvalue weighted by Crippen LogP contribution is 2.01. The van der Waals surface area contributed by atoms with Gasteiger partial charge in [0.05, 0.1) is 6.61 Å². The van der Waals surface area contributed by atoms with Crippen LogP contribution < -0.4 is 10.6 Å². The fraction of sp³-hybridized carbons (Fsp3) is 0.833. The van der Waals surface area contributed by atoms with Crippen molar-refractivity contribution in [3.05, 3.63) is 0 Å². The summed E-state index contributed by atoms with van der Waals surface area (Å²) in [5.74, 6) is -0.178. The van der Waals surface area contributed by atoms with Crippen molar-refractivity contribution in [2.24, 2.45) is 0 Å². The second kappa shape index (κ2) is 8.88. The number of aliphatic hydroxyl groups is 2. The molecule has 0 radical (unpaired) electrons. The molecule has 4 N–H and O–H groups in total. The van der Waals surface area contributed by atoms with Gasteiger partial charge in [-0.3, -0.25) is 9.59 Å². The molecule has 0 aliphatic carbocycles. The van der Waals surface area contributed by atoms with E-state index in [0.717, 1.165) is 19.3 Å². The van der Waals surface area contributed by atoms with Gasteiger partial charge in [0.1, 0.15) is 5.60 Å². The van der Waals surface area contributed by atoms with E-state index in [9.17, 15) is 14.7 Å². The van der Waals surface area contributed by atoms with E-state index in [0.29, 0.717) is 13.0 Å². The molecule has 1 atom stereocenters. The second-order valence-electron chi connectivity index (χ2n) is 4.73. The Morgan fingerprint density at radius 2 is 1.83 bits per heavy atom. The van der Waals surface area contributed by atoms with Crippen LogP contribution in [0.5, 0.6) is 0 Å². The summed E-state index contributed by atoms with van der Waals surface area (Å²) in [7, 11) is 0. The molecule has 0 aromatic rings. The van der Waals surface area contributed by atoms with E-state index in [-0.39, 0.29) is 25.0 Å². The maximum atomic E-state index is 11.4. The largest absolute Gasteiger partial charge is 0.393 e. The number of carbonyl (C=O) groups is 2. The van der Waals surface area contributed by atoms with Gasteiger partial charge in [-0.1, -0.05) is 6.42 Å². The number of nitrogens with one attached hydrogen (secondary N) is 2. The zero-order chi connectivity index (χ0) is 14.0. The number of hydrogen-bond acceptors (Lipinski definition) is 4. The van der Waals surface area contributed by atoms with Crippen molar-refractivity contribution < 1.29 is 19.8 Å². The van der Waals surface area contributed by atoms with Crippen LogP contribution in [0.1, 0.15) is 39.5 Å². The summed E-state index contributed by atoms with van der Waals surface area (Å²) in [6.07, 6.45) is 2.85. The third-order valence-electron chi connectivity index (χ3n) is 2.46. The number of amides is 2. The Hall–Kier alpha value is -1.14. The highest BCUT2D eigenvalue weighted by molar-refractivity contribution is 5.75. The van der Waals surface area contributed by atoms with Gasteiger partial charge < -0.3 is 20.8 Å². The summed E-state index contributed by atoms with van der Waals surface area (Å²) < 4.78 is 0. The number of hydrogen-bond donors (Lipinski definition) is 4. The number of carbonyl (C=O) groups excluding carboxylic acids is 2. The van der Waals surface area contributed by atoms with Crippen molar-refractivity contribution in [1.29, 1.82) is 0 Å². The molecule has 2 amide bonds. The van der Waals surface area contributed by atoms with Gasteiger partial charge >= 0.3 is 0 Å². The quantitative estimate of drug-likeness (QED) is 0.422. The van der Waals surface area contributed by atoms with E-state index in [1.807, 2.05) is 0 Å². The van der Waals surface area contributed by atoms with Crippen LogP contribution in [0.25, 0.3) is 0 Å². The van der Waals surface area contributed by atoms with E-state index in [2.05, 4.69) is 10.6 Å². The lowest BCUT2D eigenvalue weighted by Crippen LogP contribution is -2.43. The summed E-state index contributed by atoms with van der Waals surface area (Å²) in [5.41, 5.74) is -1.26. The minimum Gasteiger partial charge on any atom is -0.393 e. The Labute approximate surface area is 108 Å². The molecule has 0 bridgehead atoms. The van der Waals surface area contributed by atoms with Crippen molar-refractivity contribution in [1.82, 2.24) is 10.6 Å². The van der Waals surface area contributed by atoms with Crippen molar-refractivity contribution in [3.8, 4) is 0 Å². The standard InChI is InChI=1S/C12H24N2O4/c1-10(16)13-7-5-3-4-6-11(17)14-8-12(2,18)9-15/h15,18H,3-9H2,1-2H3,(H,13,16)(H,14,17). The average molecular weight is 260 g/mol. The van der Waals surface area contributed by atoms with E-state index in [1.54, 1.807) is 0 Å². The summed E-state index contributed by atoms with van der Waals surface area (Å²) in [6, 6.07) is 0. The minimum atomic E-state index is -1.26. The third kappa shape index (κ3) is 10.0. The molecule has 0 rings (SSSR count). The van der Waals surface area contributed by atoms with Crippen LogP contribution in [-0.2, 0) is 9.59 Å². The lowest BCUT2D eigenvalue weighted by molar-refractivity contribution is -0.123. The lowest BCUT2D eigenvalue weighted by atomic mass is 10.1. The van der Waals surface area contributed by atoms with Crippen molar-refractivity contribution >= 4 is 11.8 Å². The Kier molecular flexibility index (Phi) is 8.32. The van der Waals surface area contributed by atoms with Gasteiger partial charge in [-0.2, -0.15) is 0 Å². The molecule has 106 valence electrons. The highest BCUT2D eigenvalue weighted by atomic mass is 16.3. The highest BCUT2D eigenvalue weighted by Gasteiger charge is 2.19. The predicted octanol–water partition coefficient (Wildman–Crippen LogP) is -0.458. The van der Waals surface area contributed by atoms with Gasteiger partial charge in [-0.25, -0.2) is 0 Å². The Bertz CT molecular complexity index is 267. The summed E-state index contributed by atoms with van der Waals surface area (Å²) >= 11 is 0. The molecule has 0 aromatic carbocycles. The molecule has 0 spiro atoms. The molecular formula is C12H24N2O4. The van der Waals surface area contributed by atoms with Crippen LogP contribution in [-0.4, -0.2) is 47.3 Å². The van der Waals surface area contributed by atoms with Crippen LogP contribution in [0.4, 0.5) is 0 Å². The molecule has 0 aliphatic rings. The zero-order valence-corrected chi connectivity index (χ0v) is 11.2. The predicted molar refractivity (Wildman–Crippen MR) is 67.9 cm³/mol. The van der Waals surface area contributed by atoms with E-state index in [1.165, 1.54) is 13.8 Å². The maximum Gasteiger partial charge on any atom is 0.220 e. The maximum absolute atomic E-state index is 11.4. The molecule has 0 saturated carbocycles. The summed E-state index contributed by atoms with van der Waals surface area (Å²) in [6.45, 7) is 3.23. The van der Waals surface area contributed by atoms with Crippen LogP contribution in [0.15, 0.2) is 0 Å². The Morgan fingerprint density at radius 3 is 2.39 bits per heavy atom. The molecule has 0 aromatic heterocycles. The molecule has 1 unspecified atom stereocenters. The Balaban J connectivity index is 3.46. The van der Waals surface area contributed by atoms with Crippen LogP contribution >= 0.6 is 0 Å². The third-order valence-corrected chi connectivity index (χ3v) is 2.46. The SMILES string of the molecule is CC(=O)NCCCCCC(=O)NCC(C)(O)CO. The monoisotopic (exact) mass is 260 g/mol. The summed E-state index contributed by atoms with van der Waals surface area (Å²) in [4.78, 5) is 21.9. The first kappa shape index (κ1) is 16.9. The number of rotatable bonds is 9. The van der Waals surface area contributed by atoms with Crippen molar-refractivity contribution in [3.63, 3.8) is 0 Å². The molecule has 0 heterocycles. The zero-order valence-electron chi connectivity index (χ0n) is 11.2. The van der Waals surface area contributed by atoms with Gasteiger partial charge in [0.15, 0.2) is 0 Å². The van der Waals surface area contributed by atoms with Gasteiger partial charge in [0.2, 0.25) is 11.8 Å². The van der Waals surface area contributed by atoms with Gasteiger partial charge in [-0.15, -0.1) is 0 Å². The normalized spacial score (nSPS) is 13.8. The molecule has 18 heavy (non-hydrogen) atoms. The van der Waals surface area contributed by atoms with E-state index < -0.39 is 5.60 Å². The number of aliphatic hydroxyl groups excluding tert-OH is 1. The van der Waals surface area contributed by atoms with Crippen molar-refractivity contribution in [2.75, 3.05) is 19.7 Å². The van der Waals surface area contributed by atoms with Crippen LogP contribution in [0.2, 0.25) is 0 Å². The van der Waals surface area contributed by atoms with E-state index in [4.69, 9.17) is 5.11 Å². The minimum absolute atomic E-state index is 0.0426. The smallest absolute Gasteiger partial charge is 0.220 e. The van der Waals surface area contributed by atoms with Gasteiger partial charge in [0, 0.05) is 26.4 Å². The fourth-order valence-corrected chi connectivity index (χ4v) is 1.29. The summed E-state index contributed by atoms with van der Waals surface area (Å²) in [5, 5.41) is 23.5. The average Bonchev–Trinajstić information content (AvgIpc) is 2.31. The topological polar surface area (TPSA) is 98.7 Å². The van der Waals surface area contributed by atoms with Gasteiger partial charge in [0.25, 0.3) is 0 Å². The second-order valence-corrected chi connectivity index (χ2v) is 4.73. The molecule has 6 nitrogen and oxygen atoms in total. The molecule has 0 aliphatic heterocycles. The van der Waals surface area contributed by atoms with Gasteiger partial charge in [-0.05, 0) is 19.8 Å². The molecular weight excluding hydrogens is 236 g/mol. The number of unbranched alkanes of at least 4 members (excludes halogenated alkanes) is 2.